The van der Waals surface area contributed by atoms with Gasteiger partial charge >= 0.3 is 5.97 Å². The molecule has 2 aromatic carbocycles. The SMILES string of the molecule is Cc1ccc(-c2n[nH]c(=S)n2CCC(=O)NC(CC(=O)OC(C)C)c2ccccc2)cc1. The second-order valence-electron chi connectivity index (χ2n) is 7.89. The van der Waals surface area contributed by atoms with E-state index >= 15 is 0 Å². The first-order valence-electron chi connectivity index (χ1n) is 10.6. The van der Waals surface area contributed by atoms with Crippen molar-refractivity contribution in [3.05, 3.63) is 70.5 Å². The van der Waals surface area contributed by atoms with Crippen LogP contribution < -0.4 is 5.32 Å². The number of carbonyl (C=O) groups excluding carboxylic acids is 2. The van der Waals surface area contributed by atoms with Gasteiger partial charge in [0.1, 0.15) is 0 Å². The first kappa shape index (κ1) is 23.4. The van der Waals surface area contributed by atoms with Crippen LogP contribution in [-0.2, 0) is 20.9 Å². The molecule has 1 aromatic heterocycles. The summed E-state index contributed by atoms with van der Waals surface area (Å²) in [7, 11) is 0. The zero-order valence-corrected chi connectivity index (χ0v) is 19.3. The number of amides is 1. The molecular formula is C24H28N4O3S. The number of rotatable bonds is 9. The summed E-state index contributed by atoms with van der Waals surface area (Å²) in [6.07, 6.45) is 0.0425. The van der Waals surface area contributed by atoms with E-state index in [1.54, 1.807) is 13.8 Å². The first-order valence-corrected chi connectivity index (χ1v) is 11.0. The maximum absolute atomic E-state index is 12.8. The number of aromatic amines is 1. The highest BCUT2D eigenvalue weighted by atomic mass is 32.1. The smallest absolute Gasteiger partial charge is 0.308 e. The molecule has 1 amide bonds. The minimum Gasteiger partial charge on any atom is -0.463 e. The zero-order valence-electron chi connectivity index (χ0n) is 18.5. The van der Waals surface area contributed by atoms with E-state index < -0.39 is 6.04 Å². The Morgan fingerprint density at radius 2 is 1.81 bits per heavy atom. The van der Waals surface area contributed by atoms with E-state index in [4.69, 9.17) is 17.0 Å². The molecule has 1 heterocycles. The molecular weight excluding hydrogens is 424 g/mol. The van der Waals surface area contributed by atoms with Gasteiger partial charge in [-0.1, -0.05) is 60.2 Å². The molecule has 0 aliphatic heterocycles. The molecule has 32 heavy (non-hydrogen) atoms. The second kappa shape index (κ2) is 10.9. The standard InChI is InChI=1S/C24H28N4O3S/c1-16(2)31-22(30)15-20(18-7-5-4-6-8-18)25-21(29)13-14-28-23(26-27-24(28)32)19-11-9-17(3)10-12-19/h4-12,16,20H,13-15H2,1-3H3,(H,25,29)(H,27,32). The first-order chi connectivity index (χ1) is 15.3. The van der Waals surface area contributed by atoms with Crippen LogP contribution in [0.1, 0.15) is 43.9 Å². The average molecular weight is 453 g/mol. The third-order valence-corrected chi connectivity index (χ3v) is 5.22. The number of nitrogens with zero attached hydrogens (tertiary/aromatic N) is 2. The summed E-state index contributed by atoms with van der Waals surface area (Å²) in [4.78, 5) is 25.0. The molecule has 0 bridgehead atoms. The second-order valence-corrected chi connectivity index (χ2v) is 8.28. The Bertz CT molecular complexity index is 1100. The molecule has 3 rings (SSSR count). The van der Waals surface area contributed by atoms with E-state index in [1.165, 1.54) is 0 Å². The van der Waals surface area contributed by atoms with Crippen molar-refractivity contribution in [2.45, 2.75) is 52.3 Å². The zero-order chi connectivity index (χ0) is 23.1. The van der Waals surface area contributed by atoms with E-state index in [9.17, 15) is 9.59 Å². The Kier molecular flexibility index (Phi) is 7.94. The van der Waals surface area contributed by atoms with Gasteiger partial charge in [0.25, 0.3) is 0 Å². The number of carbonyl (C=O) groups is 2. The lowest BCUT2D eigenvalue weighted by Gasteiger charge is -2.19. The molecule has 0 aliphatic carbocycles. The molecule has 3 aromatic rings. The van der Waals surface area contributed by atoms with E-state index in [0.717, 1.165) is 16.7 Å². The van der Waals surface area contributed by atoms with Crippen LogP contribution in [0.15, 0.2) is 54.6 Å². The number of hydrogen-bond donors (Lipinski definition) is 2. The van der Waals surface area contributed by atoms with Crippen molar-refractivity contribution in [3.63, 3.8) is 0 Å². The van der Waals surface area contributed by atoms with Crippen LogP contribution >= 0.6 is 12.2 Å². The Balaban J connectivity index is 1.69. The van der Waals surface area contributed by atoms with Crippen molar-refractivity contribution in [1.82, 2.24) is 20.1 Å². The number of benzene rings is 2. The highest BCUT2D eigenvalue weighted by Gasteiger charge is 2.20. The monoisotopic (exact) mass is 452 g/mol. The van der Waals surface area contributed by atoms with Crippen molar-refractivity contribution in [3.8, 4) is 11.4 Å². The minimum absolute atomic E-state index is 0.0632. The number of aryl methyl sites for hydroxylation is 1. The highest BCUT2D eigenvalue weighted by molar-refractivity contribution is 7.71. The Morgan fingerprint density at radius 1 is 1.12 bits per heavy atom. The molecule has 0 fully saturated rings. The van der Waals surface area contributed by atoms with Crippen LogP contribution in [0.25, 0.3) is 11.4 Å². The van der Waals surface area contributed by atoms with Crippen molar-refractivity contribution in [2.24, 2.45) is 0 Å². The summed E-state index contributed by atoms with van der Waals surface area (Å²) >= 11 is 5.36. The van der Waals surface area contributed by atoms with Gasteiger partial charge in [0.05, 0.1) is 18.6 Å². The third kappa shape index (κ3) is 6.37. The van der Waals surface area contributed by atoms with E-state index in [-0.39, 0.29) is 30.8 Å². The summed E-state index contributed by atoms with van der Waals surface area (Å²) < 4.78 is 7.53. The molecule has 0 spiro atoms. The predicted octanol–water partition coefficient (Wildman–Crippen LogP) is 4.51. The molecule has 168 valence electrons. The van der Waals surface area contributed by atoms with Gasteiger partial charge in [0.2, 0.25) is 5.91 Å². The number of aromatic nitrogens is 3. The fourth-order valence-corrected chi connectivity index (χ4v) is 3.57. The van der Waals surface area contributed by atoms with Crippen molar-refractivity contribution in [1.29, 1.82) is 0 Å². The Labute approximate surface area is 192 Å². The van der Waals surface area contributed by atoms with Gasteiger partial charge in [0.15, 0.2) is 10.6 Å². The molecule has 0 radical (unpaired) electrons. The molecule has 7 nitrogen and oxygen atoms in total. The third-order valence-electron chi connectivity index (χ3n) is 4.91. The fraction of sp³-hybridized carbons (Fsp3) is 0.333. The van der Waals surface area contributed by atoms with Gasteiger partial charge in [-0.25, -0.2) is 0 Å². The van der Waals surface area contributed by atoms with Crippen molar-refractivity contribution >= 4 is 24.1 Å². The summed E-state index contributed by atoms with van der Waals surface area (Å²) in [5.74, 6) is 0.143. The van der Waals surface area contributed by atoms with Gasteiger partial charge in [0, 0.05) is 18.5 Å². The topological polar surface area (TPSA) is 89.0 Å². The normalized spacial score (nSPS) is 11.9. The highest BCUT2D eigenvalue weighted by Crippen LogP contribution is 2.20. The molecule has 0 aliphatic rings. The quantitative estimate of drug-likeness (QED) is 0.368. The van der Waals surface area contributed by atoms with Crippen LogP contribution in [0.5, 0.6) is 0 Å². The van der Waals surface area contributed by atoms with Crippen LogP contribution in [0.4, 0.5) is 0 Å². The lowest BCUT2D eigenvalue weighted by atomic mass is 10.0. The lowest BCUT2D eigenvalue weighted by Crippen LogP contribution is -2.31. The molecule has 0 saturated heterocycles. The molecule has 2 N–H and O–H groups in total. The number of ether oxygens (including phenoxy) is 1. The lowest BCUT2D eigenvalue weighted by molar-refractivity contribution is -0.148. The molecule has 1 unspecified atom stereocenters. The van der Waals surface area contributed by atoms with E-state index in [2.05, 4.69) is 15.5 Å². The number of esters is 1. The minimum atomic E-state index is -0.469. The largest absolute Gasteiger partial charge is 0.463 e. The van der Waals surface area contributed by atoms with Gasteiger partial charge < -0.3 is 10.1 Å². The maximum Gasteiger partial charge on any atom is 0.308 e. The van der Waals surface area contributed by atoms with Crippen LogP contribution in [0, 0.1) is 11.7 Å². The van der Waals surface area contributed by atoms with Crippen molar-refractivity contribution in [2.75, 3.05) is 0 Å². The van der Waals surface area contributed by atoms with Crippen molar-refractivity contribution < 1.29 is 14.3 Å². The Hall–Kier alpha value is -3.26. The van der Waals surface area contributed by atoms with Gasteiger partial charge in [-0.05, 0) is 38.6 Å². The molecule has 0 saturated carbocycles. The summed E-state index contributed by atoms with van der Waals surface area (Å²) in [5, 5.41) is 10.1. The van der Waals surface area contributed by atoms with Gasteiger partial charge in [-0.2, -0.15) is 5.10 Å². The molecule has 1 atom stereocenters. The van der Waals surface area contributed by atoms with Gasteiger partial charge in [-0.15, -0.1) is 0 Å². The maximum atomic E-state index is 12.8. The average Bonchev–Trinajstić information content (AvgIpc) is 3.12. The summed E-state index contributed by atoms with van der Waals surface area (Å²) in [5.41, 5.74) is 2.92. The van der Waals surface area contributed by atoms with E-state index in [0.29, 0.717) is 17.1 Å². The van der Waals surface area contributed by atoms with Crippen LogP contribution in [0.3, 0.4) is 0 Å². The summed E-state index contributed by atoms with van der Waals surface area (Å²) in [6.45, 7) is 5.98. The number of hydrogen-bond acceptors (Lipinski definition) is 5. The Morgan fingerprint density at radius 3 is 2.47 bits per heavy atom. The fourth-order valence-electron chi connectivity index (χ4n) is 3.34. The predicted molar refractivity (Wildman–Crippen MR) is 125 cm³/mol. The van der Waals surface area contributed by atoms with Crippen LogP contribution in [0.2, 0.25) is 0 Å². The van der Waals surface area contributed by atoms with Crippen LogP contribution in [-0.4, -0.2) is 32.7 Å². The van der Waals surface area contributed by atoms with E-state index in [1.807, 2.05) is 66.1 Å². The number of H-pyrrole nitrogens is 1. The van der Waals surface area contributed by atoms with Gasteiger partial charge in [-0.3, -0.25) is 19.3 Å². The molecule has 8 heteroatoms. The summed E-state index contributed by atoms with van der Waals surface area (Å²) in [6, 6.07) is 16.9. The number of nitrogens with one attached hydrogen (secondary N) is 2.